The Labute approximate surface area is 76.9 Å². The van der Waals surface area contributed by atoms with Gasteiger partial charge in [-0.25, -0.2) is 10.2 Å². The first-order chi connectivity index (χ1) is 6.24. The molecule has 0 heterocycles. The van der Waals surface area contributed by atoms with Crippen molar-refractivity contribution in [1.82, 2.24) is 0 Å². The molecule has 0 aliphatic carbocycles. The molecule has 0 bridgehead atoms. The Kier molecular flexibility index (Phi) is 3.67. The van der Waals surface area contributed by atoms with Crippen LogP contribution in [-0.4, -0.2) is 20.3 Å². The first-order valence-corrected chi connectivity index (χ1v) is 4.01. The number of nitrogens with zero attached hydrogens (tertiary/aromatic N) is 1. The van der Waals surface area contributed by atoms with Crippen LogP contribution in [0.2, 0.25) is 0 Å². The summed E-state index contributed by atoms with van der Waals surface area (Å²) in [6.07, 6.45) is 0. The quantitative estimate of drug-likeness (QED) is 0.563. The Bertz CT molecular complexity index is 250. The Morgan fingerprint density at radius 3 is 2.54 bits per heavy atom. The summed E-state index contributed by atoms with van der Waals surface area (Å²) in [6, 6.07) is 6.01. The second kappa shape index (κ2) is 4.79. The number of hydrogen-bond donors (Lipinski definition) is 1. The summed E-state index contributed by atoms with van der Waals surface area (Å²) in [5, 5.41) is 1.52. The Morgan fingerprint density at radius 1 is 1.38 bits per heavy atom. The van der Waals surface area contributed by atoms with Crippen molar-refractivity contribution in [2.45, 2.75) is 0 Å². The molecule has 2 N–H and O–H groups in total. The molecule has 0 saturated carbocycles. The third-order valence-corrected chi connectivity index (χ3v) is 1.69. The highest BCUT2D eigenvalue weighted by Crippen LogP contribution is 2.10. The predicted molar refractivity (Wildman–Crippen MR) is 49.8 cm³/mol. The van der Waals surface area contributed by atoms with Gasteiger partial charge in [0.1, 0.15) is 5.82 Å². The molecule has 0 radical (unpaired) electrons. The van der Waals surface area contributed by atoms with Crippen LogP contribution in [0.25, 0.3) is 0 Å². The van der Waals surface area contributed by atoms with Crippen LogP contribution < -0.4 is 10.9 Å². The van der Waals surface area contributed by atoms with Crippen molar-refractivity contribution in [3.8, 4) is 0 Å². The van der Waals surface area contributed by atoms with E-state index < -0.39 is 0 Å². The second-order valence-corrected chi connectivity index (χ2v) is 2.66. The summed E-state index contributed by atoms with van der Waals surface area (Å²) in [6.45, 7) is 1.13. The number of methoxy groups -OCH3 is 1. The van der Waals surface area contributed by atoms with Crippen LogP contribution in [0.4, 0.5) is 10.1 Å². The van der Waals surface area contributed by atoms with Gasteiger partial charge in [-0.1, -0.05) is 0 Å². The van der Waals surface area contributed by atoms with Crippen LogP contribution in [0.5, 0.6) is 0 Å². The van der Waals surface area contributed by atoms with E-state index in [2.05, 4.69) is 0 Å². The van der Waals surface area contributed by atoms with Gasteiger partial charge in [-0.15, -0.1) is 0 Å². The maximum absolute atomic E-state index is 12.5. The Hall–Kier alpha value is -1.13. The molecule has 0 aliphatic heterocycles. The number of hydrogen-bond acceptors (Lipinski definition) is 3. The fourth-order valence-electron chi connectivity index (χ4n) is 0.951. The predicted octanol–water partition coefficient (Wildman–Crippen LogP) is 1.15. The van der Waals surface area contributed by atoms with Crippen molar-refractivity contribution < 1.29 is 9.13 Å². The highest BCUT2D eigenvalue weighted by molar-refractivity contribution is 5.44. The largest absolute Gasteiger partial charge is 0.383 e. The third-order valence-electron chi connectivity index (χ3n) is 1.69. The highest BCUT2D eigenvalue weighted by Gasteiger charge is 1.99. The molecule has 1 aromatic carbocycles. The smallest absolute Gasteiger partial charge is 0.123 e. The molecular weight excluding hydrogens is 171 g/mol. The Morgan fingerprint density at radius 2 is 2.00 bits per heavy atom. The maximum Gasteiger partial charge on any atom is 0.123 e. The molecule has 0 atom stereocenters. The van der Waals surface area contributed by atoms with Crippen LogP contribution >= 0.6 is 0 Å². The number of anilines is 1. The van der Waals surface area contributed by atoms with E-state index in [1.807, 2.05) is 0 Å². The zero-order valence-corrected chi connectivity index (χ0v) is 7.53. The molecule has 1 aromatic rings. The molecule has 0 aliphatic rings. The topological polar surface area (TPSA) is 38.5 Å². The SMILES string of the molecule is COCCN(N)c1ccc(F)cc1. The molecule has 72 valence electrons. The zero-order chi connectivity index (χ0) is 9.68. The van der Waals surface area contributed by atoms with Crippen LogP contribution in [0, 0.1) is 5.82 Å². The number of ether oxygens (including phenoxy) is 1. The average Bonchev–Trinajstić information content (AvgIpc) is 2.15. The summed E-state index contributed by atoms with van der Waals surface area (Å²) >= 11 is 0. The number of benzene rings is 1. The van der Waals surface area contributed by atoms with E-state index >= 15 is 0 Å². The molecule has 13 heavy (non-hydrogen) atoms. The number of rotatable bonds is 4. The molecule has 0 saturated heterocycles. The van der Waals surface area contributed by atoms with E-state index in [4.69, 9.17) is 10.6 Å². The van der Waals surface area contributed by atoms with Gasteiger partial charge in [-0.05, 0) is 24.3 Å². The lowest BCUT2D eigenvalue weighted by Crippen LogP contribution is -2.33. The van der Waals surface area contributed by atoms with Crippen LogP contribution in [0.15, 0.2) is 24.3 Å². The number of halogens is 1. The molecule has 3 nitrogen and oxygen atoms in total. The van der Waals surface area contributed by atoms with Gasteiger partial charge in [0, 0.05) is 7.11 Å². The summed E-state index contributed by atoms with van der Waals surface area (Å²) in [5.74, 6) is 5.40. The standard InChI is InChI=1S/C9H13FN2O/c1-13-7-6-12(11)9-4-2-8(10)3-5-9/h2-5H,6-7,11H2,1H3. The fraction of sp³-hybridized carbons (Fsp3) is 0.333. The lowest BCUT2D eigenvalue weighted by molar-refractivity contribution is 0.205. The molecule has 0 fully saturated rings. The summed E-state index contributed by atoms with van der Waals surface area (Å²) in [5.41, 5.74) is 0.776. The van der Waals surface area contributed by atoms with Gasteiger partial charge in [0.2, 0.25) is 0 Å². The lowest BCUT2D eigenvalue weighted by atomic mass is 10.3. The van der Waals surface area contributed by atoms with Crippen molar-refractivity contribution >= 4 is 5.69 Å². The van der Waals surface area contributed by atoms with Crippen molar-refractivity contribution in [3.63, 3.8) is 0 Å². The van der Waals surface area contributed by atoms with Crippen molar-refractivity contribution in [2.75, 3.05) is 25.3 Å². The molecule has 1 rings (SSSR count). The minimum absolute atomic E-state index is 0.260. The zero-order valence-electron chi connectivity index (χ0n) is 7.53. The highest BCUT2D eigenvalue weighted by atomic mass is 19.1. The van der Waals surface area contributed by atoms with Gasteiger partial charge in [0.15, 0.2) is 0 Å². The number of nitrogens with two attached hydrogens (primary N) is 1. The van der Waals surface area contributed by atoms with E-state index in [1.165, 1.54) is 17.1 Å². The first kappa shape index (κ1) is 9.95. The minimum Gasteiger partial charge on any atom is -0.383 e. The summed E-state index contributed by atoms with van der Waals surface area (Å²) in [4.78, 5) is 0. The number of hydrazine groups is 1. The molecule has 0 amide bonds. The summed E-state index contributed by atoms with van der Waals surface area (Å²) < 4.78 is 17.4. The fourth-order valence-corrected chi connectivity index (χ4v) is 0.951. The van der Waals surface area contributed by atoms with Crippen LogP contribution in [0.3, 0.4) is 0 Å². The Balaban J connectivity index is 2.55. The van der Waals surface area contributed by atoms with Crippen LogP contribution in [-0.2, 0) is 4.74 Å². The van der Waals surface area contributed by atoms with Gasteiger partial charge in [-0.3, -0.25) is 0 Å². The van der Waals surface area contributed by atoms with E-state index in [0.29, 0.717) is 13.2 Å². The van der Waals surface area contributed by atoms with Gasteiger partial charge in [0.25, 0.3) is 0 Å². The van der Waals surface area contributed by atoms with Crippen molar-refractivity contribution in [3.05, 3.63) is 30.1 Å². The monoisotopic (exact) mass is 184 g/mol. The van der Waals surface area contributed by atoms with Crippen molar-refractivity contribution in [1.29, 1.82) is 0 Å². The summed E-state index contributed by atoms with van der Waals surface area (Å²) in [7, 11) is 1.61. The maximum atomic E-state index is 12.5. The molecule has 4 heteroatoms. The second-order valence-electron chi connectivity index (χ2n) is 2.66. The van der Waals surface area contributed by atoms with E-state index in [9.17, 15) is 4.39 Å². The molecular formula is C9H13FN2O. The van der Waals surface area contributed by atoms with Crippen molar-refractivity contribution in [2.24, 2.45) is 5.84 Å². The van der Waals surface area contributed by atoms with Gasteiger partial charge < -0.3 is 9.75 Å². The molecule has 0 aromatic heterocycles. The third kappa shape index (κ3) is 3.01. The average molecular weight is 184 g/mol. The molecule has 0 spiro atoms. The van der Waals surface area contributed by atoms with Crippen LogP contribution in [0.1, 0.15) is 0 Å². The molecule has 0 unspecified atom stereocenters. The van der Waals surface area contributed by atoms with E-state index in [-0.39, 0.29) is 5.82 Å². The van der Waals surface area contributed by atoms with E-state index in [1.54, 1.807) is 19.2 Å². The lowest BCUT2D eigenvalue weighted by Gasteiger charge is -2.17. The first-order valence-electron chi connectivity index (χ1n) is 4.01. The van der Waals surface area contributed by atoms with Gasteiger partial charge >= 0.3 is 0 Å². The normalized spacial score (nSPS) is 10.1. The van der Waals surface area contributed by atoms with E-state index in [0.717, 1.165) is 5.69 Å². The van der Waals surface area contributed by atoms with Gasteiger partial charge in [0.05, 0.1) is 18.8 Å². The van der Waals surface area contributed by atoms with Gasteiger partial charge in [-0.2, -0.15) is 0 Å². The minimum atomic E-state index is -0.260.